The number of hydrogen-bond donors (Lipinski definition) is 1. The van der Waals surface area contributed by atoms with E-state index >= 15 is 0 Å². The third-order valence-electron chi connectivity index (χ3n) is 5.62. The smallest absolute Gasteiger partial charge is 0.240 e. The van der Waals surface area contributed by atoms with E-state index in [1.54, 1.807) is 25.3 Å². The van der Waals surface area contributed by atoms with Gasteiger partial charge in [-0.25, -0.2) is 13.1 Å². The minimum Gasteiger partial charge on any atom is -0.497 e. The van der Waals surface area contributed by atoms with Gasteiger partial charge in [-0.1, -0.05) is 25.0 Å². The first-order chi connectivity index (χ1) is 13.4. The van der Waals surface area contributed by atoms with E-state index in [1.807, 2.05) is 26.0 Å². The topological polar surface area (TPSA) is 64.6 Å². The molecule has 5 nitrogen and oxygen atoms in total. The number of ether oxygens (including phenoxy) is 2. The second kappa shape index (κ2) is 8.53. The zero-order valence-electron chi connectivity index (χ0n) is 16.8. The van der Waals surface area contributed by atoms with Crippen molar-refractivity contribution in [1.82, 2.24) is 4.72 Å². The van der Waals surface area contributed by atoms with Gasteiger partial charge in [-0.3, -0.25) is 0 Å². The first kappa shape index (κ1) is 20.7. The van der Waals surface area contributed by atoms with Gasteiger partial charge in [-0.2, -0.15) is 0 Å². The van der Waals surface area contributed by atoms with Crippen molar-refractivity contribution in [2.75, 3.05) is 20.3 Å². The Balaban J connectivity index is 1.80. The van der Waals surface area contributed by atoms with Crippen molar-refractivity contribution in [2.45, 2.75) is 49.8 Å². The second-order valence-electron chi connectivity index (χ2n) is 7.40. The lowest BCUT2D eigenvalue weighted by Crippen LogP contribution is -2.39. The Morgan fingerprint density at radius 2 is 1.75 bits per heavy atom. The lowest BCUT2D eigenvalue weighted by molar-refractivity contribution is 0.337. The minimum absolute atomic E-state index is 0.167. The summed E-state index contributed by atoms with van der Waals surface area (Å²) >= 11 is 0. The number of sulfonamides is 1. The highest BCUT2D eigenvalue weighted by atomic mass is 32.2. The van der Waals surface area contributed by atoms with E-state index in [0.29, 0.717) is 18.9 Å². The van der Waals surface area contributed by atoms with Crippen LogP contribution in [0.4, 0.5) is 0 Å². The quantitative estimate of drug-likeness (QED) is 0.718. The van der Waals surface area contributed by atoms with Crippen LogP contribution in [0.2, 0.25) is 0 Å². The highest BCUT2D eigenvalue weighted by Gasteiger charge is 2.36. The van der Waals surface area contributed by atoms with Gasteiger partial charge in [0.25, 0.3) is 0 Å². The lowest BCUT2D eigenvalue weighted by Gasteiger charge is -2.30. The summed E-state index contributed by atoms with van der Waals surface area (Å²) in [5.74, 6) is 1.52. The van der Waals surface area contributed by atoms with Gasteiger partial charge in [0.15, 0.2) is 0 Å². The van der Waals surface area contributed by atoms with Crippen LogP contribution in [0.15, 0.2) is 47.4 Å². The molecule has 28 heavy (non-hydrogen) atoms. The van der Waals surface area contributed by atoms with E-state index in [1.165, 1.54) is 0 Å². The summed E-state index contributed by atoms with van der Waals surface area (Å²) < 4.78 is 39.5. The summed E-state index contributed by atoms with van der Waals surface area (Å²) in [6, 6.07) is 13.0. The van der Waals surface area contributed by atoms with E-state index in [4.69, 9.17) is 9.47 Å². The van der Waals surface area contributed by atoms with Crippen LogP contribution in [0.1, 0.15) is 43.7 Å². The van der Waals surface area contributed by atoms with Crippen molar-refractivity contribution in [3.63, 3.8) is 0 Å². The molecule has 6 heteroatoms. The Kier molecular flexibility index (Phi) is 6.30. The molecule has 0 aromatic heterocycles. The van der Waals surface area contributed by atoms with Crippen LogP contribution in [0.5, 0.6) is 11.5 Å². The maximum atomic E-state index is 12.9. The molecular weight excluding hydrogens is 374 g/mol. The zero-order chi connectivity index (χ0) is 20.2. The predicted molar refractivity (Wildman–Crippen MR) is 111 cm³/mol. The minimum atomic E-state index is -3.59. The maximum absolute atomic E-state index is 12.9. The van der Waals surface area contributed by atoms with Crippen LogP contribution in [0, 0.1) is 6.92 Å². The molecule has 0 aliphatic heterocycles. The average Bonchev–Trinajstić information content (AvgIpc) is 3.18. The number of rotatable bonds is 8. The van der Waals surface area contributed by atoms with Gasteiger partial charge in [0.1, 0.15) is 11.5 Å². The molecule has 0 spiro atoms. The second-order valence-corrected chi connectivity index (χ2v) is 9.17. The lowest BCUT2D eigenvalue weighted by atomic mass is 9.79. The number of aryl methyl sites for hydroxylation is 1. The molecule has 0 bridgehead atoms. The van der Waals surface area contributed by atoms with E-state index in [-0.39, 0.29) is 10.3 Å². The van der Waals surface area contributed by atoms with Crippen LogP contribution in [0.3, 0.4) is 0 Å². The van der Waals surface area contributed by atoms with Crippen molar-refractivity contribution in [3.05, 3.63) is 53.6 Å². The predicted octanol–water partition coefficient (Wildman–Crippen LogP) is 4.19. The summed E-state index contributed by atoms with van der Waals surface area (Å²) in [5.41, 5.74) is 1.81. The Bertz CT molecular complexity index is 901. The molecule has 3 rings (SSSR count). The summed E-state index contributed by atoms with van der Waals surface area (Å²) in [6.45, 7) is 4.72. The van der Waals surface area contributed by atoms with Crippen LogP contribution >= 0.6 is 0 Å². The van der Waals surface area contributed by atoms with Gasteiger partial charge in [0.05, 0.1) is 18.6 Å². The average molecular weight is 404 g/mol. The summed E-state index contributed by atoms with van der Waals surface area (Å²) in [7, 11) is -1.95. The molecule has 1 saturated carbocycles. The molecule has 0 saturated heterocycles. The van der Waals surface area contributed by atoms with Gasteiger partial charge in [0, 0.05) is 12.0 Å². The fourth-order valence-electron chi connectivity index (χ4n) is 3.99. The zero-order valence-corrected chi connectivity index (χ0v) is 17.6. The van der Waals surface area contributed by atoms with E-state index in [0.717, 1.165) is 42.6 Å². The summed E-state index contributed by atoms with van der Waals surface area (Å²) in [6.07, 6.45) is 4.17. The standard InChI is InChI=1S/C22H29NO4S/c1-4-27-21-12-11-20(15-17(21)2)28(24,25)23-16-22(13-5-6-14-22)18-7-9-19(26-3)10-8-18/h7-12,15,23H,4-6,13-14,16H2,1-3H3. The Morgan fingerprint density at radius 1 is 1.07 bits per heavy atom. The molecule has 1 aliphatic rings. The largest absolute Gasteiger partial charge is 0.497 e. The van der Waals surface area contributed by atoms with Crippen LogP contribution < -0.4 is 14.2 Å². The number of methoxy groups -OCH3 is 1. The van der Waals surface area contributed by atoms with Crippen molar-refractivity contribution in [2.24, 2.45) is 0 Å². The number of benzene rings is 2. The third-order valence-corrected chi connectivity index (χ3v) is 7.02. The Hall–Kier alpha value is -2.05. The molecule has 2 aromatic carbocycles. The molecule has 0 amide bonds. The highest BCUT2D eigenvalue weighted by Crippen LogP contribution is 2.41. The van der Waals surface area contributed by atoms with Gasteiger partial charge < -0.3 is 9.47 Å². The van der Waals surface area contributed by atoms with Crippen LogP contribution in [0.25, 0.3) is 0 Å². The number of nitrogens with one attached hydrogen (secondary N) is 1. The van der Waals surface area contributed by atoms with E-state index in [2.05, 4.69) is 16.9 Å². The molecule has 0 radical (unpaired) electrons. The first-order valence-electron chi connectivity index (χ1n) is 9.78. The molecule has 0 heterocycles. The van der Waals surface area contributed by atoms with Gasteiger partial charge >= 0.3 is 0 Å². The normalized spacial score (nSPS) is 16.1. The first-order valence-corrected chi connectivity index (χ1v) is 11.3. The molecule has 1 fully saturated rings. The van der Waals surface area contributed by atoms with Crippen molar-refractivity contribution >= 4 is 10.0 Å². The van der Waals surface area contributed by atoms with Gasteiger partial charge in [-0.05, 0) is 68.1 Å². The van der Waals surface area contributed by atoms with Crippen LogP contribution in [-0.2, 0) is 15.4 Å². The highest BCUT2D eigenvalue weighted by molar-refractivity contribution is 7.89. The summed E-state index contributed by atoms with van der Waals surface area (Å²) in [5, 5.41) is 0. The van der Waals surface area contributed by atoms with E-state index < -0.39 is 10.0 Å². The molecule has 152 valence electrons. The maximum Gasteiger partial charge on any atom is 0.240 e. The third kappa shape index (κ3) is 4.33. The fourth-order valence-corrected chi connectivity index (χ4v) is 5.20. The van der Waals surface area contributed by atoms with Gasteiger partial charge in [-0.15, -0.1) is 0 Å². The molecule has 0 atom stereocenters. The van der Waals surface area contributed by atoms with Crippen molar-refractivity contribution in [1.29, 1.82) is 0 Å². The Labute approximate surface area is 168 Å². The number of hydrogen-bond acceptors (Lipinski definition) is 4. The van der Waals surface area contributed by atoms with Crippen molar-refractivity contribution in [3.8, 4) is 11.5 Å². The Morgan fingerprint density at radius 3 is 2.32 bits per heavy atom. The van der Waals surface area contributed by atoms with Crippen molar-refractivity contribution < 1.29 is 17.9 Å². The van der Waals surface area contributed by atoms with Gasteiger partial charge in [0.2, 0.25) is 10.0 Å². The molecule has 1 N–H and O–H groups in total. The molecular formula is C22H29NO4S. The molecule has 0 unspecified atom stereocenters. The SMILES string of the molecule is CCOc1ccc(S(=O)(=O)NCC2(c3ccc(OC)cc3)CCCC2)cc1C. The fraction of sp³-hybridized carbons (Fsp3) is 0.455. The van der Waals surface area contributed by atoms with Crippen LogP contribution in [-0.4, -0.2) is 28.7 Å². The summed E-state index contributed by atoms with van der Waals surface area (Å²) in [4.78, 5) is 0.274. The molecule has 2 aromatic rings. The molecule has 1 aliphatic carbocycles. The monoisotopic (exact) mass is 403 g/mol. The van der Waals surface area contributed by atoms with E-state index in [9.17, 15) is 8.42 Å².